The lowest BCUT2D eigenvalue weighted by atomic mass is 9.98. The smallest absolute Gasteiger partial charge is 0.336 e. The van der Waals surface area contributed by atoms with E-state index in [9.17, 15) is 9.59 Å². The van der Waals surface area contributed by atoms with E-state index in [1.807, 2.05) is 0 Å². The Morgan fingerprint density at radius 2 is 0.642 bits per heavy atom. The van der Waals surface area contributed by atoms with Crippen LogP contribution in [0, 0.1) is 0 Å². The average Bonchev–Trinajstić information content (AvgIpc) is 3.15. The predicted molar refractivity (Wildman–Crippen MR) is 231 cm³/mol. The molecule has 0 aliphatic carbocycles. The second kappa shape index (κ2) is 40.1. The number of carbonyl (C=O) groups excluding carboxylic acids is 2. The molecule has 53 heavy (non-hydrogen) atoms. The van der Waals surface area contributed by atoms with E-state index in [0.29, 0.717) is 18.4 Å². The summed E-state index contributed by atoms with van der Waals surface area (Å²) in [4.78, 5) is 25.1. The number of esters is 2. The number of hydrogen-bond donors (Lipinski definition) is 0. The molecule has 0 N–H and O–H groups in total. The van der Waals surface area contributed by atoms with Crippen molar-refractivity contribution in [2.45, 2.75) is 277 Å². The van der Waals surface area contributed by atoms with Crippen molar-refractivity contribution in [2.75, 3.05) is 0 Å². The van der Waals surface area contributed by atoms with Crippen LogP contribution in [-0.2, 0) is 19.1 Å². The molecule has 0 bridgehead atoms. The van der Waals surface area contributed by atoms with Gasteiger partial charge in [0.2, 0.25) is 0 Å². The topological polar surface area (TPSA) is 52.6 Å². The van der Waals surface area contributed by atoms with Gasteiger partial charge in [0.05, 0.1) is 0 Å². The number of rotatable bonds is 43. The van der Waals surface area contributed by atoms with Crippen molar-refractivity contribution in [1.29, 1.82) is 0 Å². The zero-order chi connectivity index (χ0) is 38.9. The number of carbonyl (C=O) groups is 2. The summed E-state index contributed by atoms with van der Waals surface area (Å²) in [5.41, 5.74) is 0.328. The quantitative estimate of drug-likeness (QED) is 0.0270. The second-order valence-electron chi connectivity index (χ2n) is 16.6. The first-order valence-corrected chi connectivity index (χ1v) is 23.6. The van der Waals surface area contributed by atoms with Gasteiger partial charge in [0.1, 0.15) is 0 Å². The van der Waals surface area contributed by atoms with Gasteiger partial charge in [0.25, 0.3) is 5.79 Å². The average molecular weight is 745 g/mol. The molecular weight excluding hydrogens is 653 g/mol. The third kappa shape index (κ3) is 35.9. The van der Waals surface area contributed by atoms with Gasteiger partial charge in [-0.3, -0.25) is 0 Å². The first-order valence-electron chi connectivity index (χ1n) is 23.6. The highest BCUT2D eigenvalue weighted by atomic mass is 16.7. The molecule has 0 saturated carbocycles. The van der Waals surface area contributed by atoms with Crippen LogP contribution in [0.4, 0.5) is 0 Å². The monoisotopic (exact) mass is 745 g/mol. The van der Waals surface area contributed by atoms with Gasteiger partial charge in [-0.25, -0.2) is 9.59 Å². The lowest BCUT2D eigenvalue weighted by molar-refractivity contribution is -0.229. The zero-order valence-corrected chi connectivity index (χ0v) is 36.2. The minimum absolute atomic E-state index is 0.328. The maximum absolute atomic E-state index is 12.7. The fourth-order valence-electron chi connectivity index (χ4n) is 7.60. The minimum Gasteiger partial charge on any atom is -0.419 e. The standard InChI is InChI=1S/C49H92O4/c1-6-9-11-13-15-17-19-21-22-23-24-25-26-27-28-29-30-31-33-35-37-39-41-43-45-49(52-47(50)8-3,53-48(51)46(4)5)44-42-40-38-36-34-32-20-18-16-14-12-10-7-2/h8H,3-4,6-7,9-45H2,1-2,5H3. The van der Waals surface area contributed by atoms with E-state index in [2.05, 4.69) is 27.0 Å². The lowest BCUT2D eigenvalue weighted by Gasteiger charge is -2.33. The van der Waals surface area contributed by atoms with Crippen LogP contribution in [0.1, 0.15) is 271 Å². The van der Waals surface area contributed by atoms with E-state index < -0.39 is 17.7 Å². The highest BCUT2D eigenvalue weighted by Crippen LogP contribution is 2.30. The Labute approximate surface area is 331 Å². The van der Waals surface area contributed by atoms with Gasteiger partial charge in [-0.1, -0.05) is 252 Å². The Hall–Kier alpha value is -1.58. The van der Waals surface area contributed by atoms with Crippen LogP contribution in [0.5, 0.6) is 0 Å². The van der Waals surface area contributed by atoms with Crippen molar-refractivity contribution < 1.29 is 19.1 Å². The van der Waals surface area contributed by atoms with E-state index in [0.717, 1.165) is 38.5 Å². The SMILES string of the molecule is C=CC(=O)OC(CCCCCCCCCCCCCCC)(CCCCCCCCCCCCCCCCCCCCCCCCCC)OC(=O)C(=C)C. The highest BCUT2D eigenvalue weighted by molar-refractivity contribution is 5.87. The van der Waals surface area contributed by atoms with Crippen LogP contribution in [0.3, 0.4) is 0 Å². The third-order valence-corrected chi connectivity index (χ3v) is 11.2. The molecule has 0 aliphatic heterocycles. The molecule has 0 spiro atoms. The molecule has 0 fully saturated rings. The Morgan fingerprint density at radius 3 is 0.849 bits per heavy atom. The summed E-state index contributed by atoms with van der Waals surface area (Å²) in [5.74, 6) is -2.24. The Bertz CT molecular complexity index is 834. The molecule has 0 saturated heterocycles. The normalized spacial score (nSPS) is 12.4. The Morgan fingerprint density at radius 1 is 0.415 bits per heavy atom. The molecule has 0 heterocycles. The second-order valence-corrected chi connectivity index (χ2v) is 16.6. The molecule has 0 aromatic rings. The molecule has 0 radical (unpaired) electrons. The van der Waals surface area contributed by atoms with E-state index >= 15 is 0 Å². The molecule has 0 rings (SSSR count). The van der Waals surface area contributed by atoms with Gasteiger partial charge < -0.3 is 9.47 Å². The molecule has 0 amide bonds. The van der Waals surface area contributed by atoms with E-state index in [4.69, 9.17) is 9.47 Å². The molecule has 0 aliphatic rings. The van der Waals surface area contributed by atoms with Crippen molar-refractivity contribution in [3.8, 4) is 0 Å². The fourth-order valence-corrected chi connectivity index (χ4v) is 7.60. The maximum atomic E-state index is 12.7. The van der Waals surface area contributed by atoms with Gasteiger partial charge >= 0.3 is 11.9 Å². The first kappa shape index (κ1) is 51.4. The molecule has 4 heteroatoms. The predicted octanol–water partition coefficient (Wildman–Crippen LogP) is 16.8. The first-order chi connectivity index (χ1) is 25.9. The van der Waals surface area contributed by atoms with E-state index in [1.165, 1.54) is 205 Å². The molecule has 1 atom stereocenters. The van der Waals surface area contributed by atoms with Gasteiger partial charge in [0, 0.05) is 24.5 Å². The van der Waals surface area contributed by atoms with Crippen molar-refractivity contribution in [3.63, 3.8) is 0 Å². The van der Waals surface area contributed by atoms with Crippen LogP contribution in [-0.4, -0.2) is 17.7 Å². The Balaban J connectivity index is 4.08. The molecule has 4 nitrogen and oxygen atoms in total. The Kier molecular flexibility index (Phi) is 38.9. The molecule has 0 aromatic carbocycles. The molecular formula is C49H92O4. The van der Waals surface area contributed by atoms with Gasteiger partial charge in [-0.05, 0) is 19.8 Å². The fraction of sp³-hybridized carbons (Fsp3) is 0.878. The molecule has 0 aromatic heterocycles. The maximum Gasteiger partial charge on any atom is 0.336 e. The van der Waals surface area contributed by atoms with Crippen LogP contribution >= 0.6 is 0 Å². The number of ether oxygens (including phenoxy) is 2. The lowest BCUT2D eigenvalue weighted by Crippen LogP contribution is -2.40. The van der Waals surface area contributed by atoms with Crippen molar-refractivity contribution in [3.05, 3.63) is 24.8 Å². The summed E-state index contributed by atoms with van der Waals surface area (Å²) in [7, 11) is 0. The van der Waals surface area contributed by atoms with E-state index in [1.54, 1.807) is 6.92 Å². The van der Waals surface area contributed by atoms with Crippen molar-refractivity contribution >= 4 is 11.9 Å². The van der Waals surface area contributed by atoms with Crippen molar-refractivity contribution in [2.24, 2.45) is 0 Å². The van der Waals surface area contributed by atoms with Gasteiger partial charge in [-0.15, -0.1) is 0 Å². The summed E-state index contributed by atoms with van der Waals surface area (Å²) in [6.07, 6.45) is 51.3. The zero-order valence-electron chi connectivity index (χ0n) is 36.2. The summed E-state index contributed by atoms with van der Waals surface area (Å²) in [5, 5.41) is 0. The van der Waals surface area contributed by atoms with Crippen LogP contribution in [0.2, 0.25) is 0 Å². The number of unbranched alkanes of at least 4 members (excludes halogenated alkanes) is 35. The van der Waals surface area contributed by atoms with E-state index in [-0.39, 0.29) is 0 Å². The highest BCUT2D eigenvalue weighted by Gasteiger charge is 2.37. The summed E-state index contributed by atoms with van der Waals surface area (Å²) >= 11 is 0. The third-order valence-electron chi connectivity index (χ3n) is 11.2. The largest absolute Gasteiger partial charge is 0.419 e. The van der Waals surface area contributed by atoms with Crippen LogP contribution in [0.15, 0.2) is 24.8 Å². The molecule has 312 valence electrons. The van der Waals surface area contributed by atoms with Gasteiger partial charge in [0.15, 0.2) is 0 Å². The van der Waals surface area contributed by atoms with Crippen LogP contribution < -0.4 is 0 Å². The summed E-state index contributed by atoms with van der Waals surface area (Å²) in [6.45, 7) is 13.6. The summed E-state index contributed by atoms with van der Waals surface area (Å²) in [6, 6.07) is 0. The molecule has 1 unspecified atom stereocenters. The number of hydrogen-bond acceptors (Lipinski definition) is 4. The van der Waals surface area contributed by atoms with Crippen molar-refractivity contribution in [1.82, 2.24) is 0 Å². The summed E-state index contributed by atoms with van der Waals surface area (Å²) < 4.78 is 11.7. The van der Waals surface area contributed by atoms with Gasteiger partial charge in [-0.2, -0.15) is 0 Å². The minimum atomic E-state index is -1.23. The van der Waals surface area contributed by atoms with Crippen LogP contribution in [0.25, 0.3) is 0 Å².